The number of rotatable bonds is 4. The fourth-order valence-electron chi connectivity index (χ4n) is 0.672. The normalized spacial score (nSPS) is 11.7. The molecule has 0 aromatic rings. The number of alkyl halides is 2. The van der Waals surface area contributed by atoms with Gasteiger partial charge in [-0.05, 0) is 12.5 Å². The van der Waals surface area contributed by atoms with Gasteiger partial charge in [-0.3, -0.25) is 0 Å². The van der Waals surface area contributed by atoms with Crippen molar-refractivity contribution in [3.05, 3.63) is 35.5 Å². The fraction of sp³-hybridized carbons (Fsp3) is 0.333. The molecule has 0 rings (SSSR count). The highest BCUT2D eigenvalue weighted by Gasteiger charge is 2.09. The van der Waals surface area contributed by atoms with Gasteiger partial charge in [0.25, 0.3) is 0 Å². The molecule has 0 aliphatic rings. The summed E-state index contributed by atoms with van der Waals surface area (Å²) >= 11 is 5.59. The highest BCUT2D eigenvalue weighted by Crippen LogP contribution is 2.20. The Bertz CT molecular complexity index is 230. The van der Waals surface area contributed by atoms with Crippen LogP contribution in [0, 0.1) is 0 Å². The average molecular weight is 208 g/mol. The smallest absolute Gasteiger partial charge is 0.314 e. The van der Waals surface area contributed by atoms with E-state index in [4.69, 9.17) is 11.6 Å². The lowest BCUT2D eigenvalue weighted by molar-refractivity contribution is 0.0224. The van der Waals surface area contributed by atoms with Crippen molar-refractivity contribution in [2.24, 2.45) is 0 Å². The van der Waals surface area contributed by atoms with Gasteiger partial charge in [-0.2, -0.15) is 8.78 Å². The topological polar surface area (TPSA) is 3.24 Å². The zero-order valence-corrected chi connectivity index (χ0v) is 8.41. The van der Waals surface area contributed by atoms with Crippen LogP contribution in [0.5, 0.6) is 0 Å². The molecular weight excluding hydrogens is 196 g/mol. The summed E-state index contributed by atoms with van der Waals surface area (Å²) in [7, 11) is 1.26. The summed E-state index contributed by atoms with van der Waals surface area (Å²) < 4.78 is 24.2. The summed E-state index contributed by atoms with van der Waals surface area (Å²) in [6.45, 7) is 6.19. The summed E-state index contributed by atoms with van der Waals surface area (Å²) in [4.78, 5) is 0.748. The summed E-state index contributed by atoms with van der Waals surface area (Å²) in [5, 5.41) is 0.208. The molecule has 0 amide bonds. The Morgan fingerprint density at radius 3 is 2.15 bits per heavy atom. The molecule has 0 spiro atoms. The van der Waals surface area contributed by atoms with Gasteiger partial charge in [-0.15, -0.1) is 0 Å². The van der Waals surface area contributed by atoms with Crippen molar-refractivity contribution in [3.8, 4) is 0 Å². The first-order chi connectivity index (χ1) is 5.86. The zero-order chi connectivity index (χ0) is 10.6. The number of nitrogens with zero attached hydrogens (tertiary/aromatic N) is 1. The van der Waals surface area contributed by atoms with Crippen LogP contribution in [0.3, 0.4) is 0 Å². The van der Waals surface area contributed by atoms with Crippen molar-refractivity contribution in [1.82, 2.24) is 4.90 Å². The molecule has 1 nitrogen and oxygen atoms in total. The van der Waals surface area contributed by atoms with Crippen LogP contribution >= 0.6 is 11.6 Å². The van der Waals surface area contributed by atoms with Gasteiger partial charge in [-0.25, -0.2) is 0 Å². The van der Waals surface area contributed by atoms with Crippen LogP contribution in [0.2, 0.25) is 0 Å². The van der Waals surface area contributed by atoms with Crippen molar-refractivity contribution >= 4 is 11.6 Å². The van der Waals surface area contributed by atoms with Crippen molar-refractivity contribution in [1.29, 1.82) is 0 Å². The predicted octanol–water partition coefficient (Wildman–Crippen LogP) is 3.35. The lowest BCUT2D eigenvalue weighted by Crippen LogP contribution is -2.18. The molecule has 13 heavy (non-hydrogen) atoms. The second-order valence-corrected chi connectivity index (χ2v) is 3.13. The van der Waals surface area contributed by atoms with Crippen LogP contribution < -0.4 is 0 Å². The van der Waals surface area contributed by atoms with E-state index >= 15 is 0 Å². The second-order valence-electron chi connectivity index (χ2n) is 2.67. The number of hydrogen-bond donors (Lipinski definition) is 0. The molecule has 0 atom stereocenters. The van der Waals surface area contributed by atoms with Crippen LogP contribution in [0.25, 0.3) is 0 Å². The van der Waals surface area contributed by atoms with E-state index in [1.54, 1.807) is 6.92 Å². The highest BCUT2D eigenvalue weighted by atomic mass is 35.5. The maximum absolute atomic E-state index is 12.1. The molecule has 0 aliphatic heterocycles. The van der Waals surface area contributed by atoms with E-state index in [0.717, 1.165) is 4.90 Å². The van der Waals surface area contributed by atoms with E-state index in [9.17, 15) is 8.78 Å². The van der Waals surface area contributed by atoms with Crippen LogP contribution in [0.4, 0.5) is 8.78 Å². The van der Waals surface area contributed by atoms with Crippen molar-refractivity contribution in [2.75, 3.05) is 7.05 Å². The largest absolute Gasteiger partial charge is 0.325 e. The monoisotopic (exact) mass is 207 g/mol. The van der Waals surface area contributed by atoms with Gasteiger partial charge in [0.2, 0.25) is 0 Å². The minimum atomic E-state index is -2.55. The van der Waals surface area contributed by atoms with E-state index in [1.807, 2.05) is 0 Å². The molecule has 0 saturated carbocycles. The molecule has 0 aromatic carbocycles. The predicted molar refractivity (Wildman–Crippen MR) is 51.7 cm³/mol. The van der Waals surface area contributed by atoms with Crippen LogP contribution in [-0.2, 0) is 0 Å². The molecule has 0 heterocycles. The third-order valence-corrected chi connectivity index (χ3v) is 1.60. The molecular formula is C9H12ClF2N. The Morgan fingerprint density at radius 1 is 1.46 bits per heavy atom. The van der Waals surface area contributed by atoms with Gasteiger partial charge < -0.3 is 4.90 Å². The SMILES string of the molecule is C=C(C)/C(=C/N(C)C(F)F)C(=C)Cl. The lowest BCUT2D eigenvalue weighted by atomic mass is 10.1. The first-order valence-electron chi connectivity index (χ1n) is 3.58. The summed E-state index contributed by atoms with van der Waals surface area (Å²) in [6.07, 6.45) is 1.22. The van der Waals surface area contributed by atoms with Crippen LogP contribution in [0.15, 0.2) is 35.5 Å². The van der Waals surface area contributed by atoms with Crippen LogP contribution in [0.1, 0.15) is 6.92 Å². The van der Waals surface area contributed by atoms with E-state index in [1.165, 1.54) is 13.2 Å². The number of halogens is 3. The summed E-state index contributed by atoms with van der Waals surface area (Å²) in [5.74, 6) is 0. The second kappa shape index (κ2) is 5.02. The van der Waals surface area contributed by atoms with Gasteiger partial charge in [0.05, 0.1) is 0 Å². The summed E-state index contributed by atoms with van der Waals surface area (Å²) in [6, 6.07) is 0. The van der Waals surface area contributed by atoms with E-state index < -0.39 is 6.55 Å². The lowest BCUT2D eigenvalue weighted by Gasteiger charge is -2.15. The molecule has 0 bridgehead atoms. The molecule has 0 saturated heterocycles. The Labute approximate surface area is 82.0 Å². The van der Waals surface area contributed by atoms with Gasteiger partial charge in [0.15, 0.2) is 0 Å². The van der Waals surface area contributed by atoms with Gasteiger partial charge >= 0.3 is 6.55 Å². The van der Waals surface area contributed by atoms with E-state index in [-0.39, 0.29) is 5.03 Å². The Hall–Kier alpha value is -0.830. The van der Waals surface area contributed by atoms with Crippen molar-refractivity contribution < 1.29 is 8.78 Å². The minimum absolute atomic E-state index is 0.208. The van der Waals surface area contributed by atoms with E-state index in [0.29, 0.717) is 11.1 Å². The molecule has 0 unspecified atom stereocenters. The van der Waals surface area contributed by atoms with Crippen LogP contribution in [-0.4, -0.2) is 18.5 Å². The quantitative estimate of drug-likeness (QED) is 0.505. The standard InChI is InChI=1S/C9H12ClF2N/c1-6(2)8(7(3)10)5-13(4)9(11)12/h5,9H,1,3H2,2,4H3/b8-5-. The molecule has 0 radical (unpaired) electrons. The third-order valence-electron chi connectivity index (χ3n) is 1.39. The van der Waals surface area contributed by atoms with Gasteiger partial charge in [0.1, 0.15) is 0 Å². The maximum Gasteiger partial charge on any atom is 0.314 e. The Balaban J connectivity index is 4.74. The molecule has 0 aromatic heterocycles. The summed E-state index contributed by atoms with van der Waals surface area (Å²) in [5.41, 5.74) is 1.04. The molecule has 74 valence electrons. The number of hydrogen-bond acceptors (Lipinski definition) is 1. The van der Waals surface area contributed by atoms with Crippen molar-refractivity contribution in [3.63, 3.8) is 0 Å². The molecule has 4 heteroatoms. The zero-order valence-electron chi connectivity index (χ0n) is 7.65. The molecule has 0 aliphatic carbocycles. The Morgan fingerprint density at radius 2 is 1.92 bits per heavy atom. The first kappa shape index (κ1) is 12.2. The fourth-order valence-corrected chi connectivity index (χ4v) is 0.882. The average Bonchev–Trinajstić information content (AvgIpc) is 1.97. The molecule has 0 fully saturated rings. The first-order valence-corrected chi connectivity index (χ1v) is 3.96. The molecule has 0 N–H and O–H groups in total. The third kappa shape index (κ3) is 4.08. The Kier molecular flexibility index (Phi) is 4.70. The van der Waals surface area contributed by atoms with Gasteiger partial charge in [-0.1, -0.05) is 24.8 Å². The highest BCUT2D eigenvalue weighted by molar-refractivity contribution is 6.32. The van der Waals surface area contributed by atoms with E-state index in [2.05, 4.69) is 13.2 Å². The number of allylic oxidation sites excluding steroid dienone is 3. The minimum Gasteiger partial charge on any atom is -0.325 e. The van der Waals surface area contributed by atoms with Crippen molar-refractivity contribution in [2.45, 2.75) is 13.5 Å². The maximum atomic E-state index is 12.1. The van der Waals surface area contributed by atoms with Gasteiger partial charge in [0, 0.05) is 23.9 Å².